The molecule has 2 aromatic rings. The SMILES string of the molecule is C[C@@](O)(C(=O)N1CCC(N2CC(Nc3cc(Cl)c(C(=O)N4CCOCC4)c(Cl)c3)C2)CC1)c1cc(F)cc(F)c1.S. The molecule has 1 atom stereocenters. The third-order valence-electron chi connectivity index (χ3n) is 7.94. The van der Waals surface area contributed by atoms with Gasteiger partial charge in [0, 0.05) is 57.1 Å². The Bertz CT molecular complexity index is 1240. The fourth-order valence-corrected chi connectivity index (χ4v) is 6.27. The molecule has 2 aromatic carbocycles. The van der Waals surface area contributed by atoms with E-state index in [0.29, 0.717) is 61.1 Å². The van der Waals surface area contributed by atoms with Crippen LogP contribution in [0.5, 0.6) is 0 Å². The monoisotopic (exact) mass is 630 g/mol. The number of benzene rings is 2. The van der Waals surface area contributed by atoms with Crippen LogP contribution < -0.4 is 5.32 Å². The van der Waals surface area contributed by atoms with Gasteiger partial charge in [0.25, 0.3) is 11.8 Å². The molecule has 0 radical (unpaired) electrons. The molecule has 0 aliphatic carbocycles. The standard InChI is InChI=1S/C28H32Cl2F2N4O4.H2S/c1-28(39,17-10-18(31)12-19(32)11-17)27(38)35-4-2-22(3-5-35)36-15-21(16-36)33-20-13-23(29)25(24(30)14-20)26(37)34-6-8-40-9-7-34;/h10-14,21-22,33,39H,2-9,15-16H2,1H3;1H2/t28-;/m0./s1. The maximum absolute atomic E-state index is 13.7. The maximum Gasteiger partial charge on any atom is 0.258 e. The number of carbonyl (C=O) groups excluding carboxylic acids is 2. The zero-order valence-corrected chi connectivity index (χ0v) is 25.1. The highest BCUT2D eigenvalue weighted by molar-refractivity contribution is 7.59. The molecule has 3 aliphatic heterocycles. The molecular formula is C28H34Cl2F2N4O4S. The van der Waals surface area contributed by atoms with E-state index in [2.05, 4.69) is 10.2 Å². The molecule has 3 aliphatic rings. The van der Waals surface area contributed by atoms with Gasteiger partial charge in [-0.15, -0.1) is 0 Å². The Labute approximate surface area is 255 Å². The Balaban J connectivity index is 0.00000387. The molecule has 2 N–H and O–H groups in total. The number of hydrogen-bond donors (Lipinski definition) is 2. The van der Waals surface area contributed by atoms with Gasteiger partial charge >= 0.3 is 0 Å². The Hall–Kier alpha value is -2.15. The van der Waals surface area contributed by atoms with Gasteiger partial charge in [-0.25, -0.2) is 8.78 Å². The van der Waals surface area contributed by atoms with E-state index in [1.807, 2.05) is 0 Å². The summed E-state index contributed by atoms with van der Waals surface area (Å²) in [5.74, 6) is -2.45. The summed E-state index contributed by atoms with van der Waals surface area (Å²) in [6.07, 6.45) is 1.45. The number of nitrogens with zero attached hydrogens (tertiary/aromatic N) is 3. The Morgan fingerprint density at radius 2 is 1.51 bits per heavy atom. The van der Waals surface area contributed by atoms with Crippen LogP contribution in [-0.2, 0) is 15.1 Å². The highest BCUT2D eigenvalue weighted by Crippen LogP contribution is 2.33. The lowest BCUT2D eigenvalue weighted by Gasteiger charge is -2.48. The van der Waals surface area contributed by atoms with Gasteiger partial charge in [-0.3, -0.25) is 14.5 Å². The molecule has 0 bridgehead atoms. The number of ether oxygens (including phenoxy) is 1. The predicted octanol–water partition coefficient (Wildman–Crippen LogP) is 3.85. The van der Waals surface area contributed by atoms with Gasteiger partial charge in [0.1, 0.15) is 11.6 Å². The van der Waals surface area contributed by atoms with E-state index in [9.17, 15) is 23.5 Å². The van der Waals surface area contributed by atoms with Crippen molar-refractivity contribution in [3.05, 3.63) is 63.1 Å². The van der Waals surface area contributed by atoms with Crippen molar-refractivity contribution in [2.45, 2.75) is 37.5 Å². The normalized spacial score (nSPS) is 20.1. The molecule has 0 unspecified atom stereocenters. The number of morpholine rings is 1. The van der Waals surface area contributed by atoms with Gasteiger partial charge in [0.2, 0.25) is 0 Å². The van der Waals surface area contributed by atoms with Crippen LogP contribution in [0.15, 0.2) is 30.3 Å². The Morgan fingerprint density at radius 1 is 0.951 bits per heavy atom. The molecule has 0 spiro atoms. The van der Waals surface area contributed by atoms with Crippen molar-refractivity contribution in [3.63, 3.8) is 0 Å². The zero-order chi connectivity index (χ0) is 28.6. The summed E-state index contributed by atoms with van der Waals surface area (Å²) in [6, 6.07) is 6.58. The number of anilines is 1. The second kappa shape index (κ2) is 13.0. The van der Waals surface area contributed by atoms with Gasteiger partial charge in [-0.1, -0.05) is 23.2 Å². The molecule has 2 amide bonds. The highest BCUT2D eigenvalue weighted by atomic mass is 35.5. The van der Waals surface area contributed by atoms with Crippen molar-refractivity contribution in [1.82, 2.24) is 14.7 Å². The summed E-state index contributed by atoms with van der Waals surface area (Å²) >= 11 is 12.9. The minimum absolute atomic E-state index is 0. The summed E-state index contributed by atoms with van der Waals surface area (Å²) in [7, 11) is 0. The fraction of sp³-hybridized carbons (Fsp3) is 0.500. The fourth-order valence-electron chi connectivity index (χ4n) is 5.62. The smallest absolute Gasteiger partial charge is 0.258 e. The zero-order valence-electron chi connectivity index (χ0n) is 22.6. The van der Waals surface area contributed by atoms with Gasteiger partial charge in [-0.05, 0) is 49.6 Å². The van der Waals surface area contributed by atoms with Crippen molar-refractivity contribution >= 4 is 54.2 Å². The summed E-state index contributed by atoms with van der Waals surface area (Å²) < 4.78 is 32.6. The van der Waals surface area contributed by atoms with E-state index < -0.39 is 23.1 Å². The first kappa shape index (κ1) is 31.8. The average molecular weight is 632 g/mol. The maximum atomic E-state index is 13.7. The Morgan fingerprint density at radius 3 is 2.07 bits per heavy atom. The van der Waals surface area contributed by atoms with Gasteiger partial charge in [0.05, 0.1) is 34.9 Å². The van der Waals surface area contributed by atoms with Crippen molar-refractivity contribution in [3.8, 4) is 0 Å². The number of halogens is 4. The van der Waals surface area contributed by atoms with Crippen LogP contribution in [-0.4, -0.2) is 96.2 Å². The van der Waals surface area contributed by atoms with E-state index in [0.717, 1.165) is 43.8 Å². The van der Waals surface area contributed by atoms with Crippen LogP contribution in [0.25, 0.3) is 0 Å². The largest absolute Gasteiger partial charge is 0.380 e. The molecule has 41 heavy (non-hydrogen) atoms. The predicted molar refractivity (Wildman–Crippen MR) is 158 cm³/mol. The third kappa shape index (κ3) is 6.92. The number of nitrogens with one attached hydrogen (secondary N) is 1. The minimum Gasteiger partial charge on any atom is -0.380 e. The first-order chi connectivity index (χ1) is 19.0. The molecule has 5 rings (SSSR count). The molecular weight excluding hydrogens is 597 g/mol. The number of amides is 2. The summed E-state index contributed by atoms with van der Waals surface area (Å²) in [5.41, 5.74) is -1.08. The van der Waals surface area contributed by atoms with Crippen LogP contribution in [0, 0.1) is 11.6 Å². The second-order valence-corrected chi connectivity index (χ2v) is 11.6. The van der Waals surface area contributed by atoms with E-state index in [4.69, 9.17) is 27.9 Å². The first-order valence-electron chi connectivity index (χ1n) is 13.4. The van der Waals surface area contributed by atoms with Gasteiger partial charge < -0.3 is 25.0 Å². The summed E-state index contributed by atoms with van der Waals surface area (Å²) in [5, 5.41) is 14.9. The lowest BCUT2D eigenvalue weighted by atomic mass is 9.91. The van der Waals surface area contributed by atoms with Crippen molar-refractivity contribution in [1.29, 1.82) is 0 Å². The lowest BCUT2D eigenvalue weighted by Crippen LogP contribution is -2.61. The number of hydrogen-bond acceptors (Lipinski definition) is 6. The van der Waals surface area contributed by atoms with Gasteiger partial charge in [0.15, 0.2) is 5.60 Å². The van der Waals surface area contributed by atoms with Crippen molar-refractivity contribution in [2.24, 2.45) is 0 Å². The average Bonchev–Trinajstić information content (AvgIpc) is 2.89. The van der Waals surface area contributed by atoms with Crippen LogP contribution in [0.4, 0.5) is 14.5 Å². The minimum atomic E-state index is -2.02. The first-order valence-corrected chi connectivity index (χ1v) is 14.1. The van der Waals surface area contributed by atoms with Crippen molar-refractivity contribution < 1.29 is 28.2 Å². The van der Waals surface area contributed by atoms with Crippen LogP contribution >= 0.6 is 36.7 Å². The van der Waals surface area contributed by atoms with Gasteiger partial charge in [-0.2, -0.15) is 13.5 Å². The molecule has 3 heterocycles. The number of carbonyl (C=O) groups is 2. The van der Waals surface area contributed by atoms with Crippen molar-refractivity contribution in [2.75, 3.05) is 57.8 Å². The van der Waals surface area contributed by atoms with Crippen LogP contribution in [0.3, 0.4) is 0 Å². The summed E-state index contributed by atoms with van der Waals surface area (Å²) in [4.78, 5) is 31.5. The van der Waals surface area contributed by atoms with E-state index in [1.54, 1.807) is 21.9 Å². The van der Waals surface area contributed by atoms with E-state index >= 15 is 0 Å². The second-order valence-electron chi connectivity index (χ2n) is 10.8. The summed E-state index contributed by atoms with van der Waals surface area (Å²) in [6.45, 7) is 5.73. The number of rotatable bonds is 6. The van der Waals surface area contributed by atoms with Crippen LogP contribution in [0.1, 0.15) is 35.7 Å². The number of aliphatic hydroxyl groups is 1. The molecule has 3 saturated heterocycles. The van der Waals surface area contributed by atoms with Crippen LogP contribution in [0.2, 0.25) is 10.0 Å². The molecule has 0 aromatic heterocycles. The van der Waals surface area contributed by atoms with E-state index in [-0.39, 0.29) is 37.1 Å². The molecule has 3 fully saturated rings. The third-order valence-corrected chi connectivity index (χ3v) is 8.54. The topological polar surface area (TPSA) is 85.3 Å². The molecule has 224 valence electrons. The lowest BCUT2D eigenvalue weighted by molar-refractivity contribution is -0.152. The number of piperidine rings is 1. The molecule has 8 nitrogen and oxygen atoms in total. The molecule has 13 heteroatoms. The quantitative estimate of drug-likeness (QED) is 0.504. The van der Waals surface area contributed by atoms with E-state index in [1.165, 1.54) is 6.92 Å². The molecule has 0 saturated carbocycles. The highest BCUT2D eigenvalue weighted by Gasteiger charge is 2.40. The Kier molecular flexibility index (Phi) is 10.1. The number of likely N-dealkylation sites (tertiary alicyclic amines) is 2.